The Morgan fingerprint density at radius 2 is 1.70 bits per heavy atom. The van der Waals surface area contributed by atoms with E-state index in [0.717, 1.165) is 38.7 Å². The number of nitrogens with two attached hydrogens (primary N) is 1. The fourth-order valence-electron chi connectivity index (χ4n) is 6.80. The number of fused-ring (bicyclic) bond motifs is 2. The maximum Gasteiger partial charge on any atom is 0.433 e. The van der Waals surface area contributed by atoms with Gasteiger partial charge < -0.3 is 19.8 Å². The van der Waals surface area contributed by atoms with Crippen LogP contribution in [0.1, 0.15) is 28.7 Å². The molecule has 1 amide bonds. The van der Waals surface area contributed by atoms with Crippen LogP contribution in [0.4, 0.5) is 32.6 Å². The summed E-state index contributed by atoms with van der Waals surface area (Å²) in [7, 11) is 2.99. The highest BCUT2D eigenvalue weighted by Crippen LogP contribution is 2.38. The second-order valence-corrected chi connectivity index (χ2v) is 14.6. The number of anilines is 1. The molecular weight excluding hydrogens is 837 g/mol. The number of carbonyl (C=O) groups is 1. The summed E-state index contributed by atoms with van der Waals surface area (Å²) in [6.45, 7) is -0.0837. The lowest BCUT2D eigenvalue weighted by Crippen LogP contribution is -2.30. The molecule has 0 radical (unpaired) electrons. The van der Waals surface area contributed by atoms with Gasteiger partial charge in [0.25, 0.3) is 5.56 Å². The zero-order valence-electron chi connectivity index (χ0n) is 31.2. The number of hydrogen-bond acceptors (Lipinski definition) is 9. The maximum atomic E-state index is 14.8. The molecule has 0 aliphatic heterocycles. The van der Waals surface area contributed by atoms with Crippen molar-refractivity contribution in [2.24, 2.45) is 12.8 Å². The number of ether oxygens (including phenoxy) is 2. The summed E-state index contributed by atoms with van der Waals surface area (Å²) in [5.41, 5.74) is 4.33. The number of amides is 1. The number of primary amides is 1. The Labute approximate surface area is 344 Å². The SMILES string of the molecule is COc1ccc(CCN(c2nn(C)c3c(-n4c(C(Cc5cc(F)cc(F)c5)OC(N)=O)nc5cc(-c6cccc(C(F)(F)F)n6)ccc5c4=O)ccc(Cl)c23)S(=O)[O-])cc1. The fraction of sp³-hybridized carbons (Fsp3) is 0.175. The van der Waals surface area contributed by atoms with Gasteiger partial charge in [0.2, 0.25) is 0 Å². The molecule has 0 saturated heterocycles. The summed E-state index contributed by atoms with van der Waals surface area (Å²) in [6.07, 6.45) is -7.98. The molecule has 0 bridgehead atoms. The van der Waals surface area contributed by atoms with E-state index in [0.29, 0.717) is 11.8 Å². The molecule has 7 aromatic rings. The number of halogens is 6. The van der Waals surface area contributed by atoms with Crippen LogP contribution in [0.2, 0.25) is 5.02 Å². The Hall–Kier alpha value is -6.44. The number of alkyl halides is 3. The standard InChI is InChI=1S/C40H31ClF5N7O6S/c1-51-35-31(13-12-28(41)34(35)37(50-51)52(60(56)57)15-14-21-6-9-26(58-2)10-7-21)53-36(32(59-39(47)55)18-22-16-24(42)20-25(43)17-22)49-30-19-23(8-11-27(30)38(53)54)29-4-3-5-33(48-29)40(44,45)46/h3-13,16-17,19-20,32H,14-15,18H2,1-2H3,(H2,47,55)(H,56,57)/p-1. The van der Waals surface area contributed by atoms with Gasteiger partial charge in [0.05, 0.1) is 45.3 Å². The average molecular weight is 867 g/mol. The van der Waals surface area contributed by atoms with Crippen LogP contribution in [-0.2, 0) is 42.1 Å². The normalized spacial score (nSPS) is 12.8. The van der Waals surface area contributed by atoms with Crippen molar-refractivity contribution >= 4 is 56.6 Å². The van der Waals surface area contributed by atoms with E-state index >= 15 is 0 Å². The third-order valence-corrected chi connectivity index (χ3v) is 10.5. The van der Waals surface area contributed by atoms with Crippen LogP contribution in [-0.4, -0.2) is 52.8 Å². The minimum Gasteiger partial charge on any atom is -0.755 e. The Bertz CT molecular complexity index is 2850. The Balaban J connectivity index is 1.45. The van der Waals surface area contributed by atoms with Crippen LogP contribution in [0.25, 0.3) is 38.8 Å². The highest BCUT2D eigenvalue weighted by Gasteiger charge is 2.33. The van der Waals surface area contributed by atoms with Gasteiger partial charge in [-0.25, -0.2) is 23.5 Å². The van der Waals surface area contributed by atoms with Crippen LogP contribution in [0.15, 0.2) is 95.8 Å². The molecule has 4 aromatic carbocycles. The van der Waals surface area contributed by atoms with Gasteiger partial charge in [-0.1, -0.05) is 35.9 Å². The number of aryl methyl sites for hydroxylation is 1. The predicted molar refractivity (Wildman–Crippen MR) is 211 cm³/mol. The molecule has 0 spiro atoms. The van der Waals surface area contributed by atoms with Gasteiger partial charge in [0.1, 0.15) is 23.1 Å². The molecule has 60 heavy (non-hydrogen) atoms. The molecule has 20 heteroatoms. The Kier molecular flexibility index (Phi) is 11.6. The summed E-state index contributed by atoms with van der Waals surface area (Å²) >= 11 is 3.88. The Morgan fingerprint density at radius 1 is 0.983 bits per heavy atom. The number of nitrogens with zero attached hydrogens (tertiary/aromatic N) is 6. The van der Waals surface area contributed by atoms with E-state index in [1.54, 1.807) is 24.3 Å². The zero-order chi connectivity index (χ0) is 43.0. The highest BCUT2D eigenvalue weighted by molar-refractivity contribution is 7.80. The average Bonchev–Trinajstić information content (AvgIpc) is 3.54. The molecule has 2 atom stereocenters. The number of methoxy groups -OCH3 is 1. The number of benzene rings is 4. The third-order valence-electron chi connectivity index (χ3n) is 9.44. The highest BCUT2D eigenvalue weighted by atomic mass is 35.5. The van der Waals surface area contributed by atoms with E-state index in [9.17, 15) is 40.3 Å². The first-order valence-corrected chi connectivity index (χ1v) is 19.1. The van der Waals surface area contributed by atoms with Crippen molar-refractivity contribution in [3.05, 3.63) is 141 Å². The van der Waals surface area contributed by atoms with E-state index in [-0.39, 0.29) is 73.9 Å². The molecule has 7 rings (SSSR count). The first kappa shape index (κ1) is 41.7. The van der Waals surface area contributed by atoms with Gasteiger partial charge in [-0.3, -0.25) is 22.6 Å². The number of carbonyl (C=O) groups excluding carboxylic acids is 1. The van der Waals surface area contributed by atoms with Crippen molar-refractivity contribution in [1.29, 1.82) is 0 Å². The van der Waals surface area contributed by atoms with Gasteiger partial charge in [0, 0.05) is 42.9 Å². The largest absolute Gasteiger partial charge is 0.755 e. The second kappa shape index (κ2) is 16.7. The quantitative estimate of drug-likeness (QED) is 0.0964. The van der Waals surface area contributed by atoms with Crippen molar-refractivity contribution in [2.45, 2.75) is 25.1 Å². The lowest BCUT2D eigenvalue weighted by molar-refractivity contribution is -0.141. The van der Waals surface area contributed by atoms with Gasteiger partial charge in [-0.2, -0.15) is 18.3 Å². The van der Waals surface area contributed by atoms with Crippen LogP contribution in [0.5, 0.6) is 5.75 Å². The van der Waals surface area contributed by atoms with Crippen molar-refractivity contribution in [1.82, 2.24) is 24.3 Å². The summed E-state index contributed by atoms with van der Waals surface area (Å²) in [5.74, 6) is -1.75. The smallest absolute Gasteiger partial charge is 0.433 e. The zero-order valence-corrected chi connectivity index (χ0v) is 32.8. The van der Waals surface area contributed by atoms with Gasteiger partial charge >= 0.3 is 12.3 Å². The summed E-state index contributed by atoms with van der Waals surface area (Å²) in [4.78, 5) is 35.7. The van der Waals surface area contributed by atoms with Gasteiger partial charge in [-0.05, 0) is 78.2 Å². The number of pyridine rings is 1. The van der Waals surface area contributed by atoms with Crippen molar-refractivity contribution in [3.8, 4) is 22.7 Å². The summed E-state index contributed by atoms with van der Waals surface area (Å²) in [6, 6.07) is 19.6. The summed E-state index contributed by atoms with van der Waals surface area (Å²) in [5, 5.41) is 4.57. The van der Waals surface area contributed by atoms with Crippen LogP contribution in [0.3, 0.4) is 0 Å². The number of hydrogen-bond donors (Lipinski definition) is 1. The van der Waals surface area contributed by atoms with Crippen molar-refractivity contribution < 1.29 is 45.0 Å². The molecular formula is C40H30ClF5N7O6S-. The number of rotatable bonds is 12. The van der Waals surface area contributed by atoms with Crippen LogP contribution in [0, 0.1) is 11.6 Å². The molecule has 3 aromatic heterocycles. The number of aromatic nitrogens is 5. The molecule has 3 heterocycles. The first-order valence-electron chi connectivity index (χ1n) is 17.7. The minimum absolute atomic E-state index is 0.00366. The van der Waals surface area contributed by atoms with E-state index in [1.165, 1.54) is 55.2 Å². The molecule has 0 aliphatic rings. The van der Waals surface area contributed by atoms with E-state index in [4.69, 9.17) is 26.8 Å². The molecule has 0 saturated carbocycles. The first-order chi connectivity index (χ1) is 28.5. The van der Waals surface area contributed by atoms with Gasteiger partial charge in [0.15, 0.2) is 17.7 Å². The second-order valence-electron chi connectivity index (χ2n) is 13.3. The molecule has 0 fully saturated rings. The lowest BCUT2D eigenvalue weighted by Gasteiger charge is -2.25. The maximum absolute atomic E-state index is 14.8. The molecule has 310 valence electrons. The fourth-order valence-corrected chi connectivity index (χ4v) is 7.55. The van der Waals surface area contributed by atoms with Crippen molar-refractivity contribution in [3.63, 3.8) is 0 Å². The molecule has 0 aliphatic carbocycles. The van der Waals surface area contributed by atoms with Gasteiger partial charge in [-0.15, -0.1) is 0 Å². The monoisotopic (exact) mass is 866 g/mol. The minimum atomic E-state index is -4.76. The lowest BCUT2D eigenvalue weighted by atomic mass is 10.0. The van der Waals surface area contributed by atoms with E-state index in [2.05, 4.69) is 15.1 Å². The van der Waals surface area contributed by atoms with Crippen molar-refractivity contribution in [2.75, 3.05) is 18.0 Å². The molecule has 2 unspecified atom stereocenters. The van der Waals surface area contributed by atoms with Crippen LogP contribution >= 0.6 is 11.6 Å². The van der Waals surface area contributed by atoms with E-state index < -0.39 is 58.9 Å². The van der Waals surface area contributed by atoms with E-state index in [1.807, 2.05) is 0 Å². The summed E-state index contributed by atoms with van der Waals surface area (Å²) < 4.78 is 109. The van der Waals surface area contributed by atoms with Crippen LogP contribution < -0.4 is 20.3 Å². The molecule has 2 N–H and O–H groups in total. The molecule has 13 nitrogen and oxygen atoms in total. The predicted octanol–water partition coefficient (Wildman–Crippen LogP) is 7.52. The topological polar surface area (TPSA) is 171 Å². The third kappa shape index (κ3) is 8.50. The Morgan fingerprint density at radius 3 is 2.35 bits per heavy atom.